The van der Waals surface area contributed by atoms with Gasteiger partial charge in [-0.3, -0.25) is 4.79 Å². The minimum Gasteiger partial charge on any atom is -1.00 e. The number of pyridine rings is 1. The maximum Gasteiger partial charge on any atom is 1.00 e. The van der Waals surface area contributed by atoms with Crippen molar-refractivity contribution >= 4 is 51.7 Å². The number of halogens is 2. The van der Waals surface area contributed by atoms with Crippen LogP contribution in [0.15, 0.2) is 41.6 Å². The van der Waals surface area contributed by atoms with E-state index in [0.29, 0.717) is 15.7 Å². The number of carboxylic acid groups (broad SMARTS) is 1. The smallest absolute Gasteiger partial charge is 1.00 e. The molecule has 0 fully saturated rings. The Morgan fingerprint density at radius 1 is 1.30 bits per heavy atom. The van der Waals surface area contributed by atoms with Gasteiger partial charge in [0, 0.05) is 11.2 Å². The fourth-order valence-electron chi connectivity index (χ4n) is 1.58. The quantitative estimate of drug-likeness (QED) is 0.578. The van der Waals surface area contributed by atoms with Gasteiger partial charge in [-0.2, -0.15) is 0 Å². The van der Waals surface area contributed by atoms with Gasteiger partial charge < -0.3 is 11.8 Å². The van der Waals surface area contributed by atoms with E-state index in [-0.39, 0.29) is 75.1 Å². The van der Waals surface area contributed by atoms with Crippen LogP contribution in [0.25, 0.3) is 0 Å². The predicted octanol–water partition coefficient (Wildman–Crippen LogP) is 0.934. The van der Waals surface area contributed by atoms with Crippen LogP contribution < -0.4 is 56.7 Å². The molecular formula is C14H11Cl2KN2O3S. The van der Waals surface area contributed by atoms with Crippen molar-refractivity contribution in [3.05, 3.63) is 52.1 Å². The molecule has 0 amide bonds. The van der Waals surface area contributed by atoms with Crippen LogP contribution in [0.2, 0.25) is 10.0 Å². The normalized spacial score (nSPS) is 9.83. The van der Waals surface area contributed by atoms with E-state index in [4.69, 9.17) is 28.3 Å². The van der Waals surface area contributed by atoms with E-state index in [9.17, 15) is 9.59 Å². The number of carbonyl (C=O) groups excluding carboxylic acids is 1. The molecule has 0 bridgehead atoms. The second-order valence-electron chi connectivity index (χ2n) is 4.11. The molecule has 1 heterocycles. The molecule has 0 radical (unpaired) electrons. The van der Waals surface area contributed by atoms with Crippen LogP contribution in [0, 0.1) is 0 Å². The van der Waals surface area contributed by atoms with Gasteiger partial charge in [-0.25, -0.2) is 9.78 Å². The van der Waals surface area contributed by atoms with Crippen LogP contribution >= 0.6 is 35.0 Å². The van der Waals surface area contributed by atoms with Crippen molar-refractivity contribution in [2.24, 2.45) is 0 Å². The molecule has 0 saturated carbocycles. The minimum atomic E-state index is -1.13. The van der Waals surface area contributed by atoms with E-state index >= 15 is 0 Å². The van der Waals surface area contributed by atoms with Crippen molar-refractivity contribution in [2.45, 2.75) is 5.03 Å². The Morgan fingerprint density at radius 2 is 2.04 bits per heavy atom. The zero-order valence-electron chi connectivity index (χ0n) is 13.0. The molecule has 9 heteroatoms. The first-order chi connectivity index (χ1) is 10.5. The minimum absolute atomic E-state index is 0. The third kappa shape index (κ3) is 6.36. The molecular weight excluding hydrogens is 386 g/mol. The molecule has 0 spiro atoms. The number of rotatable bonds is 5. The summed E-state index contributed by atoms with van der Waals surface area (Å²) in [4.78, 5) is 26.9. The third-order valence-electron chi connectivity index (χ3n) is 2.56. The third-order valence-corrected chi connectivity index (χ3v) is 4.02. The second kappa shape index (κ2) is 10.0. The molecule has 0 atom stereocenters. The van der Waals surface area contributed by atoms with Gasteiger partial charge in [0.1, 0.15) is 5.03 Å². The van der Waals surface area contributed by atoms with E-state index in [1.54, 1.807) is 18.2 Å². The Balaban J connectivity index is 0.00000264. The van der Waals surface area contributed by atoms with Crippen molar-refractivity contribution in [2.75, 3.05) is 11.9 Å². The number of benzene rings is 1. The number of nitrogens with zero attached hydrogens (tertiary/aromatic N) is 1. The molecule has 1 aromatic heterocycles. The molecule has 2 rings (SSSR count). The van der Waals surface area contributed by atoms with Gasteiger partial charge >= 0.3 is 57.4 Å². The van der Waals surface area contributed by atoms with Crippen molar-refractivity contribution in [1.29, 1.82) is 0 Å². The molecule has 0 aliphatic carbocycles. The first kappa shape index (κ1) is 20.9. The summed E-state index contributed by atoms with van der Waals surface area (Å²) in [5, 5.41) is 12.7. The molecule has 23 heavy (non-hydrogen) atoms. The van der Waals surface area contributed by atoms with Gasteiger partial charge in [0.15, 0.2) is 0 Å². The van der Waals surface area contributed by atoms with Crippen LogP contribution in [0.5, 0.6) is 0 Å². The predicted molar refractivity (Wildman–Crippen MR) is 88.1 cm³/mol. The monoisotopic (exact) mass is 396 g/mol. The molecule has 0 aliphatic heterocycles. The van der Waals surface area contributed by atoms with E-state index < -0.39 is 5.97 Å². The van der Waals surface area contributed by atoms with Crippen molar-refractivity contribution in [3.8, 4) is 0 Å². The Bertz CT molecular complexity index is 737. The maximum absolute atomic E-state index is 11.9. The number of carboxylic acids is 1. The number of aromatic nitrogens is 1. The molecule has 2 aromatic rings. The fourth-order valence-corrected chi connectivity index (χ4v) is 2.67. The van der Waals surface area contributed by atoms with Gasteiger partial charge in [0.2, 0.25) is 5.12 Å². The first-order valence-electron chi connectivity index (χ1n) is 6.05. The summed E-state index contributed by atoms with van der Waals surface area (Å²) in [6, 6.07) is 7.75. The van der Waals surface area contributed by atoms with Gasteiger partial charge in [-0.05, 0) is 42.1 Å². The molecule has 0 unspecified atom stereocenters. The van der Waals surface area contributed by atoms with Crippen LogP contribution in [0.1, 0.15) is 11.8 Å². The van der Waals surface area contributed by atoms with Gasteiger partial charge in [0.25, 0.3) is 0 Å². The molecule has 5 nitrogen and oxygen atoms in total. The summed E-state index contributed by atoms with van der Waals surface area (Å²) in [5.74, 6) is -1.13. The van der Waals surface area contributed by atoms with Crippen LogP contribution in [0.3, 0.4) is 0 Å². The average molecular weight is 397 g/mol. The Hall–Kier alpha value is -0.124. The summed E-state index contributed by atoms with van der Waals surface area (Å²) in [6.45, 7) is -0.0413. The first-order valence-corrected chi connectivity index (χ1v) is 7.62. The zero-order chi connectivity index (χ0) is 16.1. The number of aromatic carboxylic acids is 1. The summed E-state index contributed by atoms with van der Waals surface area (Å²) in [7, 11) is 0. The van der Waals surface area contributed by atoms with Crippen molar-refractivity contribution < 1.29 is 67.5 Å². The van der Waals surface area contributed by atoms with Crippen LogP contribution in [-0.2, 0) is 4.79 Å². The van der Waals surface area contributed by atoms with Crippen molar-refractivity contribution in [1.82, 2.24) is 4.98 Å². The standard InChI is InChI=1S/C14H10Cl2N2O3S.K.H/c15-8-3-4-10(16)11(6-8)18-7-12(19)22-13-9(14(20)21)2-1-5-17-13;;/h1-6,18H,7H2,(H,20,21);;/q;+1;-1. The largest absolute Gasteiger partial charge is 1.00 e. The van der Waals surface area contributed by atoms with Crippen LogP contribution in [-0.4, -0.2) is 27.7 Å². The zero-order valence-corrected chi connectivity index (χ0v) is 17.5. The number of nitrogens with one attached hydrogen (secondary N) is 1. The number of hydrogen-bond donors (Lipinski definition) is 2. The summed E-state index contributed by atoms with van der Waals surface area (Å²) in [5.41, 5.74) is 0.518. The van der Waals surface area contributed by atoms with Crippen molar-refractivity contribution in [3.63, 3.8) is 0 Å². The van der Waals surface area contributed by atoms with E-state index in [1.165, 1.54) is 18.3 Å². The Morgan fingerprint density at radius 3 is 2.74 bits per heavy atom. The Kier molecular flexibility index (Phi) is 9.10. The summed E-state index contributed by atoms with van der Waals surface area (Å²) in [6.07, 6.45) is 1.43. The molecule has 1 aromatic carbocycles. The number of hydrogen-bond acceptors (Lipinski definition) is 5. The van der Waals surface area contributed by atoms with Gasteiger partial charge in [-0.1, -0.05) is 23.2 Å². The summed E-state index contributed by atoms with van der Waals surface area (Å²) < 4.78 is 0. The topological polar surface area (TPSA) is 79.3 Å². The molecule has 0 aliphatic rings. The number of anilines is 1. The number of carbonyl (C=O) groups is 2. The van der Waals surface area contributed by atoms with Crippen LogP contribution in [0.4, 0.5) is 5.69 Å². The summed E-state index contributed by atoms with van der Waals surface area (Å²) >= 11 is 12.6. The molecule has 2 N–H and O–H groups in total. The maximum atomic E-state index is 11.9. The Labute approximate surface area is 191 Å². The van der Waals surface area contributed by atoms with Gasteiger partial charge in [0.05, 0.1) is 22.8 Å². The van der Waals surface area contributed by atoms with E-state index in [0.717, 1.165) is 11.8 Å². The number of thioether (sulfide) groups is 1. The van der Waals surface area contributed by atoms with E-state index in [1.807, 2.05) is 0 Å². The van der Waals surface area contributed by atoms with Gasteiger partial charge in [-0.15, -0.1) is 0 Å². The van der Waals surface area contributed by atoms with E-state index in [2.05, 4.69) is 10.3 Å². The molecule has 116 valence electrons. The second-order valence-corrected chi connectivity index (χ2v) is 6.00. The SMILES string of the molecule is O=C(CNc1cc(Cl)ccc1Cl)Sc1ncccc1C(=O)O.[H-].[K+]. The fraction of sp³-hybridized carbons (Fsp3) is 0.0714. The average Bonchev–Trinajstić information content (AvgIpc) is 2.48. The molecule has 0 saturated heterocycles.